The first kappa shape index (κ1) is 15.6. The van der Waals surface area contributed by atoms with Gasteiger partial charge in [-0.25, -0.2) is 9.18 Å². The molecule has 21 heavy (non-hydrogen) atoms. The number of carbonyl (C=O) groups is 2. The molecule has 5 nitrogen and oxygen atoms in total. The van der Waals surface area contributed by atoms with Crippen molar-refractivity contribution in [3.8, 4) is 0 Å². The molecule has 0 unspecified atom stereocenters. The lowest BCUT2D eigenvalue weighted by Gasteiger charge is -2.31. The molecular formula is C14H16ClFN2O3. The molecule has 1 aromatic rings. The van der Waals surface area contributed by atoms with E-state index in [4.69, 9.17) is 16.7 Å². The molecule has 1 fully saturated rings. The van der Waals surface area contributed by atoms with Crippen LogP contribution in [0.3, 0.4) is 0 Å². The monoisotopic (exact) mass is 314 g/mol. The molecule has 1 aliphatic rings. The third-order valence-corrected chi connectivity index (χ3v) is 3.70. The van der Waals surface area contributed by atoms with Crippen molar-refractivity contribution < 1.29 is 19.1 Å². The lowest BCUT2D eigenvalue weighted by molar-refractivity contribution is -0.138. The van der Waals surface area contributed by atoms with Gasteiger partial charge in [0, 0.05) is 30.2 Å². The van der Waals surface area contributed by atoms with Crippen LogP contribution < -0.4 is 5.32 Å². The second-order valence-corrected chi connectivity index (χ2v) is 5.55. The van der Waals surface area contributed by atoms with Gasteiger partial charge in [-0.05, 0) is 37.0 Å². The zero-order chi connectivity index (χ0) is 15.4. The fourth-order valence-corrected chi connectivity index (χ4v) is 2.64. The van der Waals surface area contributed by atoms with Crippen LogP contribution in [0.5, 0.6) is 0 Å². The molecule has 1 aromatic carbocycles. The van der Waals surface area contributed by atoms with E-state index in [2.05, 4.69) is 5.32 Å². The molecule has 1 aliphatic heterocycles. The fourth-order valence-electron chi connectivity index (χ4n) is 2.42. The van der Waals surface area contributed by atoms with Crippen molar-refractivity contribution in [2.24, 2.45) is 5.92 Å². The van der Waals surface area contributed by atoms with E-state index in [1.165, 1.54) is 12.1 Å². The smallest absolute Gasteiger partial charge is 0.321 e. The summed E-state index contributed by atoms with van der Waals surface area (Å²) in [5.41, 5.74) is 0.303. The first-order valence-electron chi connectivity index (χ1n) is 6.68. The Hall–Kier alpha value is -1.82. The molecule has 2 N–H and O–H groups in total. The number of aliphatic carboxylic acids is 1. The Morgan fingerprint density at radius 1 is 1.33 bits per heavy atom. The van der Waals surface area contributed by atoms with Gasteiger partial charge >= 0.3 is 12.0 Å². The second-order valence-electron chi connectivity index (χ2n) is 5.12. The van der Waals surface area contributed by atoms with E-state index >= 15 is 0 Å². The minimum atomic E-state index is -0.813. The molecule has 7 heteroatoms. The molecule has 0 aromatic heterocycles. The first-order chi connectivity index (χ1) is 9.94. The topological polar surface area (TPSA) is 69.6 Å². The molecule has 2 amide bonds. The van der Waals surface area contributed by atoms with Gasteiger partial charge in [-0.15, -0.1) is 0 Å². The molecule has 0 bridgehead atoms. The number of hydrogen-bond donors (Lipinski definition) is 2. The largest absolute Gasteiger partial charge is 0.481 e. The fraction of sp³-hybridized carbons (Fsp3) is 0.429. The van der Waals surface area contributed by atoms with Gasteiger partial charge in [0.05, 0.1) is 0 Å². The summed E-state index contributed by atoms with van der Waals surface area (Å²) in [7, 11) is 0. The third-order valence-electron chi connectivity index (χ3n) is 3.48. The number of piperidine rings is 1. The number of rotatable bonds is 3. The number of urea groups is 1. The average molecular weight is 315 g/mol. The SMILES string of the molecule is O=C(O)CC1CCN(C(=O)Nc2cc(F)cc(Cl)c2)CC1. The Kier molecular flexibility index (Phi) is 5.01. The maximum absolute atomic E-state index is 13.2. The average Bonchev–Trinajstić information content (AvgIpc) is 2.37. The summed E-state index contributed by atoms with van der Waals surface area (Å²) in [5, 5.41) is 11.6. The Balaban J connectivity index is 1.88. The standard InChI is InChI=1S/C14H16ClFN2O3/c15-10-6-11(16)8-12(7-10)17-14(21)18-3-1-9(2-4-18)5-13(19)20/h6-9H,1-5H2,(H,17,21)(H,19,20). The van der Waals surface area contributed by atoms with E-state index in [9.17, 15) is 14.0 Å². The van der Waals surface area contributed by atoms with Crippen molar-refractivity contribution in [1.82, 2.24) is 4.90 Å². The highest BCUT2D eigenvalue weighted by Gasteiger charge is 2.24. The van der Waals surface area contributed by atoms with Crippen LogP contribution in [-0.4, -0.2) is 35.1 Å². The van der Waals surface area contributed by atoms with E-state index in [1.54, 1.807) is 4.90 Å². The Bertz CT molecular complexity index is 525. The summed E-state index contributed by atoms with van der Waals surface area (Å²) in [6.07, 6.45) is 1.45. The van der Waals surface area contributed by atoms with Gasteiger partial charge in [0.25, 0.3) is 0 Å². The van der Waals surface area contributed by atoms with Gasteiger partial charge in [0.15, 0.2) is 0 Å². The molecule has 114 valence electrons. The van der Waals surface area contributed by atoms with E-state index < -0.39 is 11.8 Å². The first-order valence-corrected chi connectivity index (χ1v) is 7.05. The molecule has 0 radical (unpaired) electrons. The minimum absolute atomic E-state index is 0.107. The molecule has 1 saturated heterocycles. The van der Waals surface area contributed by atoms with Gasteiger partial charge < -0.3 is 15.3 Å². The highest BCUT2D eigenvalue weighted by atomic mass is 35.5. The van der Waals surface area contributed by atoms with Gasteiger partial charge in [-0.2, -0.15) is 0 Å². The van der Waals surface area contributed by atoms with E-state index in [-0.39, 0.29) is 23.4 Å². The quantitative estimate of drug-likeness (QED) is 0.900. The van der Waals surface area contributed by atoms with Crippen LogP contribution in [0.4, 0.5) is 14.9 Å². The van der Waals surface area contributed by atoms with Crippen LogP contribution in [0.15, 0.2) is 18.2 Å². The lowest BCUT2D eigenvalue weighted by Crippen LogP contribution is -2.41. The van der Waals surface area contributed by atoms with Crippen molar-refractivity contribution >= 4 is 29.3 Å². The normalized spacial score (nSPS) is 15.8. The van der Waals surface area contributed by atoms with Crippen molar-refractivity contribution in [1.29, 1.82) is 0 Å². The summed E-state index contributed by atoms with van der Waals surface area (Å²) >= 11 is 5.73. The van der Waals surface area contributed by atoms with Crippen molar-refractivity contribution in [3.05, 3.63) is 29.0 Å². The van der Waals surface area contributed by atoms with Gasteiger partial charge in [0.2, 0.25) is 0 Å². The Labute approximate surface area is 126 Å². The predicted octanol–water partition coefficient (Wildman–Crippen LogP) is 3.20. The third kappa shape index (κ3) is 4.60. The van der Waals surface area contributed by atoms with Crippen molar-refractivity contribution in [2.75, 3.05) is 18.4 Å². The summed E-state index contributed by atoms with van der Waals surface area (Å²) in [6, 6.07) is 3.50. The lowest BCUT2D eigenvalue weighted by atomic mass is 9.94. The molecule has 0 aliphatic carbocycles. The summed E-state index contributed by atoms with van der Waals surface area (Å²) in [4.78, 5) is 24.3. The summed E-state index contributed by atoms with van der Waals surface area (Å²) in [6.45, 7) is 0.986. The maximum atomic E-state index is 13.2. The van der Waals surface area contributed by atoms with Crippen LogP contribution in [-0.2, 0) is 4.79 Å². The Morgan fingerprint density at radius 2 is 2.00 bits per heavy atom. The van der Waals surface area contributed by atoms with Crippen LogP contribution in [0, 0.1) is 11.7 Å². The van der Waals surface area contributed by atoms with Crippen LogP contribution >= 0.6 is 11.6 Å². The highest BCUT2D eigenvalue weighted by Crippen LogP contribution is 2.22. The molecular weight excluding hydrogens is 299 g/mol. The maximum Gasteiger partial charge on any atom is 0.321 e. The number of benzene rings is 1. The number of halogens is 2. The second kappa shape index (κ2) is 6.76. The van der Waals surface area contributed by atoms with Crippen molar-refractivity contribution in [3.63, 3.8) is 0 Å². The number of carbonyl (C=O) groups excluding carboxylic acids is 1. The number of nitrogens with one attached hydrogen (secondary N) is 1. The van der Waals surface area contributed by atoms with Gasteiger partial charge in [-0.1, -0.05) is 11.6 Å². The summed E-state index contributed by atoms with van der Waals surface area (Å²) in [5.74, 6) is -1.22. The van der Waals surface area contributed by atoms with Crippen LogP contribution in [0.2, 0.25) is 5.02 Å². The number of nitrogens with zero attached hydrogens (tertiary/aromatic N) is 1. The number of hydrogen-bond acceptors (Lipinski definition) is 2. The molecule has 2 rings (SSSR count). The molecule has 1 heterocycles. The van der Waals surface area contributed by atoms with Gasteiger partial charge in [-0.3, -0.25) is 4.79 Å². The highest BCUT2D eigenvalue weighted by molar-refractivity contribution is 6.30. The van der Waals surface area contributed by atoms with E-state index in [1.807, 2.05) is 0 Å². The van der Waals surface area contributed by atoms with E-state index in [0.717, 1.165) is 6.07 Å². The number of carboxylic acid groups (broad SMARTS) is 1. The molecule has 0 atom stereocenters. The zero-order valence-corrected chi connectivity index (χ0v) is 12.1. The number of anilines is 1. The zero-order valence-electron chi connectivity index (χ0n) is 11.3. The number of carboxylic acids is 1. The van der Waals surface area contributed by atoms with Gasteiger partial charge in [0.1, 0.15) is 5.82 Å². The molecule has 0 spiro atoms. The number of amides is 2. The predicted molar refractivity (Wildman–Crippen MR) is 77.0 cm³/mol. The van der Waals surface area contributed by atoms with E-state index in [0.29, 0.717) is 31.6 Å². The molecule has 0 saturated carbocycles. The van der Waals surface area contributed by atoms with Crippen LogP contribution in [0.25, 0.3) is 0 Å². The summed E-state index contributed by atoms with van der Waals surface area (Å²) < 4.78 is 13.2. The van der Waals surface area contributed by atoms with Crippen molar-refractivity contribution in [2.45, 2.75) is 19.3 Å². The van der Waals surface area contributed by atoms with Crippen LogP contribution in [0.1, 0.15) is 19.3 Å². The minimum Gasteiger partial charge on any atom is -0.481 e. The number of likely N-dealkylation sites (tertiary alicyclic amines) is 1. The Morgan fingerprint density at radius 3 is 2.57 bits per heavy atom.